The van der Waals surface area contributed by atoms with Crippen LogP contribution in [0.25, 0.3) is 6.08 Å². The summed E-state index contributed by atoms with van der Waals surface area (Å²) in [4.78, 5) is 33.6. The monoisotopic (exact) mass is 565 g/mol. The van der Waals surface area contributed by atoms with Crippen LogP contribution in [-0.2, 0) is 11.3 Å². The fourth-order valence-corrected chi connectivity index (χ4v) is 7.25. The maximum absolute atomic E-state index is 13.6. The van der Waals surface area contributed by atoms with Crippen LogP contribution in [0, 0.1) is 24.1 Å². The topological polar surface area (TPSA) is 72.6 Å². The molecule has 7 nitrogen and oxygen atoms in total. The molecule has 1 aromatic carbocycles. The van der Waals surface area contributed by atoms with Crippen LogP contribution in [0.4, 0.5) is 15.9 Å². The van der Waals surface area contributed by atoms with E-state index in [9.17, 15) is 19.2 Å². The third kappa shape index (κ3) is 5.22. The first kappa shape index (κ1) is 27.4. The Morgan fingerprint density at radius 3 is 2.33 bits per heavy atom. The van der Waals surface area contributed by atoms with Crippen molar-refractivity contribution in [3.05, 3.63) is 62.0 Å². The van der Waals surface area contributed by atoms with Crippen LogP contribution >= 0.6 is 24.0 Å². The lowest BCUT2D eigenvalue weighted by atomic mass is 9.94. The predicted molar refractivity (Wildman–Crippen MR) is 159 cm³/mol. The van der Waals surface area contributed by atoms with Gasteiger partial charge in [-0.3, -0.25) is 19.1 Å². The summed E-state index contributed by atoms with van der Waals surface area (Å²) < 4.78 is 15.7. The van der Waals surface area contributed by atoms with Crippen LogP contribution < -0.4 is 15.4 Å². The normalized spacial score (nSPS) is 19.7. The third-order valence-corrected chi connectivity index (χ3v) is 9.30. The van der Waals surface area contributed by atoms with Gasteiger partial charge in [0.2, 0.25) is 0 Å². The number of piperazine rings is 1. The van der Waals surface area contributed by atoms with E-state index in [1.54, 1.807) is 28.5 Å². The Balaban J connectivity index is 1.52. The van der Waals surface area contributed by atoms with Gasteiger partial charge in [-0.25, -0.2) is 4.39 Å². The molecule has 1 aliphatic carbocycles. The highest BCUT2D eigenvalue weighted by molar-refractivity contribution is 8.26. The minimum absolute atomic E-state index is 0.0869. The van der Waals surface area contributed by atoms with Crippen molar-refractivity contribution in [3.63, 3.8) is 0 Å². The van der Waals surface area contributed by atoms with E-state index in [4.69, 9.17) is 12.2 Å². The van der Waals surface area contributed by atoms with E-state index in [-0.39, 0.29) is 28.9 Å². The second kappa shape index (κ2) is 11.5. The Morgan fingerprint density at radius 1 is 1.08 bits per heavy atom. The number of halogens is 1. The van der Waals surface area contributed by atoms with E-state index in [1.807, 2.05) is 13.0 Å². The van der Waals surface area contributed by atoms with E-state index in [0.717, 1.165) is 37.2 Å². The molecular weight excluding hydrogens is 533 g/mol. The lowest BCUT2D eigenvalue weighted by Gasteiger charge is -2.39. The van der Waals surface area contributed by atoms with Crippen LogP contribution in [-0.4, -0.2) is 51.9 Å². The van der Waals surface area contributed by atoms with Gasteiger partial charge in [-0.15, -0.1) is 0 Å². The molecule has 39 heavy (non-hydrogen) atoms. The molecule has 204 valence electrons. The van der Waals surface area contributed by atoms with E-state index < -0.39 is 0 Å². The molecule has 1 aromatic heterocycles. The number of amides is 1. The fraction of sp³-hybridized carbons (Fsp3) is 0.448. The lowest BCUT2D eigenvalue weighted by molar-refractivity contribution is -0.124. The van der Waals surface area contributed by atoms with E-state index in [0.29, 0.717) is 53.1 Å². The van der Waals surface area contributed by atoms with Crippen LogP contribution in [0.3, 0.4) is 0 Å². The summed E-state index contributed by atoms with van der Waals surface area (Å²) in [6, 6.07) is 8.71. The van der Waals surface area contributed by atoms with Crippen LogP contribution in [0.2, 0.25) is 0 Å². The minimum atomic E-state index is -0.319. The molecule has 2 aliphatic heterocycles. The summed E-state index contributed by atoms with van der Waals surface area (Å²) in [6.45, 7) is 6.70. The van der Waals surface area contributed by atoms with Crippen molar-refractivity contribution >= 4 is 51.8 Å². The summed E-state index contributed by atoms with van der Waals surface area (Å²) >= 11 is 6.95. The van der Waals surface area contributed by atoms with Crippen molar-refractivity contribution in [1.82, 2.24) is 9.47 Å². The maximum atomic E-state index is 13.6. The number of anilines is 2. The largest absolute Gasteiger partial charge is 0.368 e. The number of pyridine rings is 1. The number of hydrogen-bond acceptors (Lipinski definition) is 7. The molecule has 3 aliphatic rings. The molecule has 5 rings (SSSR count). The molecular formula is C29H32FN5O2S2. The van der Waals surface area contributed by atoms with Crippen molar-refractivity contribution in [3.8, 4) is 6.07 Å². The molecule has 3 fully saturated rings. The van der Waals surface area contributed by atoms with E-state index in [2.05, 4.69) is 15.9 Å². The molecule has 0 unspecified atom stereocenters. The zero-order valence-corrected chi connectivity index (χ0v) is 23.9. The number of hydrogen-bond donors (Lipinski definition) is 0. The second-order valence-electron chi connectivity index (χ2n) is 10.2. The number of benzene rings is 1. The molecule has 0 radical (unpaired) electrons. The fourth-order valence-electron chi connectivity index (χ4n) is 5.87. The maximum Gasteiger partial charge on any atom is 0.270 e. The van der Waals surface area contributed by atoms with Gasteiger partial charge in [0.1, 0.15) is 27.6 Å². The number of rotatable bonds is 5. The van der Waals surface area contributed by atoms with Crippen LogP contribution in [0.1, 0.15) is 55.7 Å². The van der Waals surface area contributed by atoms with Crippen LogP contribution in [0.5, 0.6) is 0 Å². The first-order chi connectivity index (χ1) is 18.8. The average molecular weight is 566 g/mol. The number of nitriles is 1. The highest BCUT2D eigenvalue weighted by atomic mass is 32.2. The third-order valence-electron chi connectivity index (χ3n) is 7.97. The van der Waals surface area contributed by atoms with E-state index >= 15 is 0 Å². The van der Waals surface area contributed by atoms with Crippen molar-refractivity contribution in [2.45, 2.75) is 58.5 Å². The Morgan fingerprint density at radius 2 is 1.72 bits per heavy atom. The summed E-state index contributed by atoms with van der Waals surface area (Å²) in [5, 5.41) is 9.86. The summed E-state index contributed by atoms with van der Waals surface area (Å²) in [5.74, 6) is 0.368. The quantitative estimate of drug-likeness (QED) is 0.371. The molecule has 1 amide bonds. The Labute approximate surface area is 237 Å². The lowest BCUT2D eigenvalue weighted by Crippen LogP contribution is -2.48. The predicted octanol–water partition coefficient (Wildman–Crippen LogP) is 5.05. The van der Waals surface area contributed by atoms with Gasteiger partial charge in [0.05, 0.1) is 4.91 Å². The van der Waals surface area contributed by atoms with Crippen molar-refractivity contribution in [2.24, 2.45) is 0 Å². The molecule has 10 heteroatoms. The van der Waals surface area contributed by atoms with Gasteiger partial charge < -0.3 is 9.80 Å². The van der Waals surface area contributed by atoms with Gasteiger partial charge >= 0.3 is 0 Å². The zero-order chi connectivity index (χ0) is 27.7. The van der Waals surface area contributed by atoms with Gasteiger partial charge in [-0.2, -0.15) is 5.26 Å². The summed E-state index contributed by atoms with van der Waals surface area (Å²) in [5.41, 5.74) is 2.02. The van der Waals surface area contributed by atoms with Crippen molar-refractivity contribution in [2.75, 3.05) is 36.0 Å². The molecule has 0 bridgehead atoms. The summed E-state index contributed by atoms with van der Waals surface area (Å²) in [6.07, 6.45) is 7.14. The number of aromatic nitrogens is 1. The second-order valence-corrected chi connectivity index (χ2v) is 11.9. The average Bonchev–Trinajstić information content (AvgIpc) is 3.23. The zero-order valence-electron chi connectivity index (χ0n) is 22.3. The first-order valence-electron chi connectivity index (χ1n) is 13.5. The van der Waals surface area contributed by atoms with Crippen molar-refractivity contribution in [1.29, 1.82) is 5.26 Å². The number of carbonyl (C=O) groups excluding carboxylic acids is 1. The number of thioether (sulfide) groups is 1. The Kier molecular flexibility index (Phi) is 8.10. The van der Waals surface area contributed by atoms with Crippen molar-refractivity contribution < 1.29 is 9.18 Å². The number of nitrogens with zero attached hydrogens (tertiary/aromatic N) is 5. The highest BCUT2D eigenvalue weighted by Crippen LogP contribution is 2.39. The van der Waals surface area contributed by atoms with E-state index in [1.165, 1.54) is 30.3 Å². The van der Waals surface area contributed by atoms with Crippen LogP contribution in [0.15, 0.2) is 34.0 Å². The van der Waals surface area contributed by atoms with Gasteiger partial charge in [0.15, 0.2) is 0 Å². The van der Waals surface area contributed by atoms with Gasteiger partial charge in [-0.05, 0) is 62.6 Å². The number of carbonyl (C=O) groups is 1. The molecule has 0 N–H and O–H groups in total. The molecule has 3 heterocycles. The molecule has 0 spiro atoms. The highest BCUT2D eigenvalue weighted by Gasteiger charge is 2.38. The molecule has 2 aromatic rings. The molecule has 0 atom stereocenters. The Bertz CT molecular complexity index is 1420. The molecule has 1 saturated carbocycles. The van der Waals surface area contributed by atoms with Gasteiger partial charge in [0, 0.05) is 50.0 Å². The minimum Gasteiger partial charge on any atom is -0.368 e. The van der Waals surface area contributed by atoms with Gasteiger partial charge in [-0.1, -0.05) is 43.2 Å². The van der Waals surface area contributed by atoms with Gasteiger partial charge in [0.25, 0.3) is 11.5 Å². The Hall–Kier alpha value is -3.16. The number of thiocarbonyl (C=S) groups is 1. The molecule has 2 saturated heterocycles. The standard InChI is InChI=1S/C29H32FN5O2S2/c1-3-34-26(33-15-13-32(14-16-33)21-11-9-20(30)10-12-21)23(19(2)24(18-31)27(34)36)17-25-28(37)35(29(38)39-25)22-7-5-4-6-8-22/h9-12,17,22H,3-8,13-16H2,1-2H3. The first-order valence-corrected chi connectivity index (χ1v) is 14.8. The SMILES string of the molecule is CCn1c(N2CCN(c3ccc(F)cc3)CC2)c(C=C2SC(=S)N(C3CCCCC3)C2=O)c(C)c(C#N)c1=O. The smallest absolute Gasteiger partial charge is 0.270 e. The summed E-state index contributed by atoms with van der Waals surface area (Å²) in [7, 11) is 0.